The van der Waals surface area contributed by atoms with Crippen LogP contribution in [0.1, 0.15) is 361 Å². The van der Waals surface area contributed by atoms with Crippen molar-refractivity contribution in [1.82, 2.24) is 5.32 Å². The van der Waals surface area contributed by atoms with Gasteiger partial charge in [0, 0.05) is 0 Å². The predicted octanol–water partition coefficient (Wildman–Crippen LogP) is 17.6. The van der Waals surface area contributed by atoms with E-state index in [2.05, 4.69) is 43.5 Å². The molecule has 0 aromatic heterocycles. The third-order valence-corrected chi connectivity index (χ3v) is 17.7. The number of nitrogens with one attached hydrogen (secondary N) is 1. The summed E-state index contributed by atoms with van der Waals surface area (Å²) in [6.07, 6.45) is 65.6. The summed E-state index contributed by atoms with van der Waals surface area (Å²) in [5.41, 5.74) is 0. The van der Waals surface area contributed by atoms with Crippen LogP contribution in [0.15, 0.2) is 24.3 Å². The van der Waals surface area contributed by atoms with Crippen LogP contribution in [0.5, 0.6) is 0 Å². The minimum atomic E-state index is -1.67. The van der Waals surface area contributed by atoms with Gasteiger partial charge in [0.2, 0.25) is 5.91 Å². The number of carbonyl (C=O) groups excluding carboxylic acids is 1. The summed E-state index contributed by atoms with van der Waals surface area (Å²) < 4.78 is 11.2. The summed E-state index contributed by atoms with van der Waals surface area (Å²) in [6, 6.07) is -1.18. The van der Waals surface area contributed by atoms with Crippen molar-refractivity contribution in [2.24, 2.45) is 0 Å². The zero-order valence-electron chi connectivity index (χ0n) is 54.5. The summed E-state index contributed by atoms with van der Waals surface area (Å²) in [6.45, 7) is 3.50. The fourth-order valence-electron chi connectivity index (χ4n) is 11.9. The molecule has 492 valence electrons. The van der Waals surface area contributed by atoms with E-state index in [0.717, 1.165) is 38.5 Å². The van der Waals surface area contributed by atoms with Gasteiger partial charge in [-0.05, 0) is 64.2 Å². The molecule has 0 aromatic carbocycles. The third-order valence-electron chi connectivity index (χ3n) is 17.7. The van der Waals surface area contributed by atoms with E-state index in [1.165, 1.54) is 283 Å². The molecule has 0 saturated carbocycles. The summed E-state index contributed by atoms with van der Waals surface area (Å²) in [5, 5.41) is 76.5. The summed E-state index contributed by atoms with van der Waals surface area (Å²) in [7, 11) is 0. The Morgan fingerprint density at radius 2 is 0.711 bits per heavy atom. The largest absolute Gasteiger partial charge is 0.394 e. The number of aliphatic hydroxyl groups excluding tert-OH is 7. The maximum absolute atomic E-state index is 13.3. The maximum Gasteiger partial charge on any atom is 0.249 e. The van der Waals surface area contributed by atoms with Crippen LogP contribution < -0.4 is 5.32 Å². The molecule has 11 heteroatoms. The summed E-state index contributed by atoms with van der Waals surface area (Å²) in [4.78, 5) is 13.3. The molecule has 1 fully saturated rings. The van der Waals surface area contributed by atoms with Gasteiger partial charge in [0.1, 0.15) is 36.6 Å². The Morgan fingerprint density at radius 1 is 0.410 bits per heavy atom. The molecule has 8 N–H and O–H groups in total. The van der Waals surface area contributed by atoms with Crippen molar-refractivity contribution in [2.75, 3.05) is 13.2 Å². The lowest BCUT2D eigenvalue weighted by molar-refractivity contribution is -0.303. The molecular weight excluding hydrogens is 1040 g/mol. The Labute approximate surface area is 512 Å². The molecule has 9 unspecified atom stereocenters. The Hall–Kier alpha value is -1.41. The first-order valence-corrected chi connectivity index (χ1v) is 36.2. The second-order valence-corrected chi connectivity index (χ2v) is 25.7. The molecular formula is C72H139NO10. The lowest BCUT2D eigenvalue weighted by Crippen LogP contribution is -2.60. The van der Waals surface area contributed by atoms with Crippen molar-refractivity contribution in [2.45, 2.75) is 416 Å². The minimum absolute atomic E-state index is 0.257. The number of aliphatic hydroxyl groups is 7. The molecule has 11 nitrogen and oxygen atoms in total. The van der Waals surface area contributed by atoms with Gasteiger partial charge in [-0.25, -0.2) is 0 Å². The first-order chi connectivity index (χ1) is 40.7. The van der Waals surface area contributed by atoms with E-state index in [9.17, 15) is 40.5 Å². The Balaban J connectivity index is 2.17. The highest BCUT2D eigenvalue weighted by Crippen LogP contribution is 2.24. The van der Waals surface area contributed by atoms with Crippen LogP contribution in [0.3, 0.4) is 0 Å². The van der Waals surface area contributed by atoms with Gasteiger partial charge in [0.15, 0.2) is 6.29 Å². The van der Waals surface area contributed by atoms with E-state index in [4.69, 9.17) is 9.47 Å². The second-order valence-electron chi connectivity index (χ2n) is 25.7. The fourth-order valence-corrected chi connectivity index (χ4v) is 11.9. The monoisotopic (exact) mass is 1180 g/mol. The zero-order valence-corrected chi connectivity index (χ0v) is 54.5. The SMILES string of the molecule is CCCCCCCCCCCCCCCC/C=C\CCCCCCCCCCCCCCCCCCC(O)C(=O)NC(COC1OC(CO)C(O)C(O)C1O)C(O)C(O)CCC/C=C/CCCCCCCCCCCCCCCCCCC. The van der Waals surface area contributed by atoms with Crippen molar-refractivity contribution in [3.63, 3.8) is 0 Å². The first-order valence-electron chi connectivity index (χ1n) is 36.2. The lowest BCUT2D eigenvalue weighted by atomic mass is 9.98. The molecule has 0 spiro atoms. The van der Waals surface area contributed by atoms with E-state index >= 15 is 0 Å². The number of hydrogen-bond acceptors (Lipinski definition) is 10. The van der Waals surface area contributed by atoms with Gasteiger partial charge in [-0.1, -0.05) is 321 Å². The number of unbranched alkanes of at least 4 members (excludes halogenated alkanes) is 48. The lowest BCUT2D eigenvalue weighted by Gasteiger charge is -2.40. The summed E-state index contributed by atoms with van der Waals surface area (Å²) >= 11 is 0. The average molecular weight is 1180 g/mol. The van der Waals surface area contributed by atoms with Gasteiger partial charge in [-0.3, -0.25) is 4.79 Å². The molecule has 1 saturated heterocycles. The van der Waals surface area contributed by atoms with E-state index in [0.29, 0.717) is 12.8 Å². The topological polar surface area (TPSA) is 189 Å². The van der Waals surface area contributed by atoms with Gasteiger partial charge in [-0.2, -0.15) is 0 Å². The minimum Gasteiger partial charge on any atom is -0.394 e. The highest BCUT2D eigenvalue weighted by Gasteiger charge is 2.44. The Kier molecular flexibility index (Phi) is 58.4. The smallest absolute Gasteiger partial charge is 0.249 e. The zero-order chi connectivity index (χ0) is 60.3. The summed E-state index contributed by atoms with van der Waals surface area (Å²) in [5.74, 6) is -0.699. The Morgan fingerprint density at radius 3 is 1.04 bits per heavy atom. The molecule has 0 radical (unpaired) electrons. The molecule has 83 heavy (non-hydrogen) atoms. The first kappa shape index (κ1) is 79.6. The maximum atomic E-state index is 13.3. The molecule has 0 aromatic rings. The predicted molar refractivity (Wildman–Crippen MR) is 349 cm³/mol. The molecule has 1 aliphatic rings. The number of ether oxygens (including phenoxy) is 2. The van der Waals surface area contributed by atoms with Crippen molar-refractivity contribution in [3.8, 4) is 0 Å². The number of allylic oxidation sites excluding steroid dienone is 4. The number of rotatable bonds is 64. The van der Waals surface area contributed by atoms with Gasteiger partial charge in [0.25, 0.3) is 0 Å². The van der Waals surface area contributed by atoms with Gasteiger partial charge >= 0.3 is 0 Å². The molecule has 1 amide bonds. The highest BCUT2D eigenvalue weighted by atomic mass is 16.7. The van der Waals surface area contributed by atoms with Crippen LogP contribution >= 0.6 is 0 Å². The molecule has 1 rings (SSSR count). The average Bonchev–Trinajstić information content (AvgIpc) is 3.68. The van der Waals surface area contributed by atoms with Crippen LogP contribution in [-0.2, 0) is 14.3 Å². The molecule has 0 aliphatic carbocycles. The normalized spacial score (nSPS) is 19.1. The molecule has 9 atom stereocenters. The quantitative estimate of drug-likeness (QED) is 0.0215. The van der Waals surface area contributed by atoms with E-state index in [1.807, 2.05) is 0 Å². The second kappa shape index (κ2) is 60.9. The fraction of sp³-hybridized carbons (Fsp3) is 0.931. The van der Waals surface area contributed by atoms with Gasteiger partial charge in [0.05, 0.1) is 25.4 Å². The number of hydrogen-bond donors (Lipinski definition) is 8. The number of carbonyl (C=O) groups is 1. The van der Waals surface area contributed by atoms with E-state index < -0.39 is 74.2 Å². The number of amides is 1. The van der Waals surface area contributed by atoms with Crippen LogP contribution in [0.2, 0.25) is 0 Å². The van der Waals surface area contributed by atoms with Crippen LogP contribution in [-0.4, -0.2) is 110 Å². The van der Waals surface area contributed by atoms with E-state index in [-0.39, 0.29) is 12.8 Å². The Bertz CT molecular complexity index is 1400. The van der Waals surface area contributed by atoms with Crippen molar-refractivity contribution in [3.05, 3.63) is 24.3 Å². The van der Waals surface area contributed by atoms with Gasteiger partial charge < -0.3 is 50.5 Å². The molecule has 0 bridgehead atoms. The van der Waals surface area contributed by atoms with Crippen LogP contribution in [0.25, 0.3) is 0 Å². The molecule has 1 aliphatic heterocycles. The highest BCUT2D eigenvalue weighted by molar-refractivity contribution is 5.80. The van der Waals surface area contributed by atoms with Gasteiger partial charge in [-0.15, -0.1) is 0 Å². The van der Waals surface area contributed by atoms with Crippen LogP contribution in [0, 0.1) is 0 Å². The van der Waals surface area contributed by atoms with Crippen molar-refractivity contribution in [1.29, 1.82) is 0 Å². The van der Waals surface area contributed by atoms with Crippen LogP contribution in [0.4, 0.5) is 0 Å². The standard InChI is InChI=1S/C72H139NO10/c1-3-5-7-9-11-13-15-17-19-21-23-25-27-28-29-30-31-32-33-34-35-36-37-38-40-42-44-46-48-50-52-54-56-58-60-65(76)71(81)73-63(62-82-72-70(80)69(79)68(78)66(61-74)83-72)67(77)64(75)59-57-55-53-51-49-47-45-43-41-39-26-24-22-20-18-16-14-12-10-8-6-4-2/h30-31,51,53,63-70,72,74-80H,3-29,32-50,52,54-62H2,1-2H3,(H,73,81)/b31-30-,53-51+. The van der Waals surface area contributed by atoms with Crippen molar-refractivity contribution >= 4 is 5.91 Å². The molecule has 1 heterocycles. The van der Waals surface area contributed by atoms with Crippen molar-refractivity contribution < 1.29 is 50.0 Å². The van der Waals surface area contributed by atoms with E-state index in [1.54, 1.807) is 0 Å². The third kappa shape index (κ3) is 48.2.